The first-order chi connectivity index (χ1) is 15.2. The van der Waals surface area contributed by atoms with Crippen molar-refractivity contribution in [3.8, 4) is 0 Å². The van der Waals surface area contributed by atoms with Crippen molar-refractivity contribution in [3.63, 3.8) is 0 Å². The van der Waals surface area contributed by atoms with E-state index in [1.165, 1.54) is 6.07 Å². The molecule has 0 bridgehead atoms. The number of halogens is 14. The van der Waals surface area contributed by atoms with E-state index in [9.17, 15) is 0 Å². The van der Waals surface area contributed by atoms with Crippen LogP contribution >= 0.6 is 162 Å². The SMILES string of the molecule is Clc1cc(Cl)c(Cl)c([C](c2c(Cl)c(Cl)c(Cl)c(Cl)c2Cl)c2c(Cl)c(Cl)c(Cl)c(Cl)c2Cl)c1Cl. The van der Waals surface area contributed by atoms with Gasteiger partial charge < -0.3 is 0 Å². The van der Waals surface area contributed by atoms with E-state index in [0.29, 0.717) is 0 Å². The molecule has 0 saturated carbocycles. The van der Waals surface area contributed by atoms with Gasteiger partial charge in [0, 0.05) is 16.7 Å². The summed E-state index contributed by atoms with van der Waals surface area (Å²) in [7, 11) is 0. The van der Waals surface area contributed by atoms with Crippen molar-refractivity contribution in [3.05, 3.63) is 99.0 Å². The van der Waals surface area contributed by atoms with E-state index in [-0.39, 0.29) is 92.9 Å². The molecule has 0 atom stereocenters. The lowest BCUT2D eigenvalue weighted by atomic mass is 9.84. The summed E-state index contributed by atoms with van der Waals surface area (Å²) in [5.74, 6) is 0.0142. The zero-order chi connectivity index (χ0) is 25.1. The van der Waals surface area contributed by atoms with Gasteiger partial charge >= 0.3 is 0 Å². The molecule has 33 heavy (non-hydrogen) atoms. The van der Waals surface area contributed by atoms with E-state index in [1.807, 2.05) is 0 Å². The lowest BCUT2D eigenvalue weighted by molar-refractivity contribution is 1.23. The lowest BCUT2D eigenvalue weighted by Crippen LogP contribution is -2.11. The van der Waals surface area contributed by atoms with Crippen molar-refractivity contribution in [2.75, 3.05) is 0 Å². The van der Waals surface area contributed by atoms with Gasteiger partial charge in [0.25, 0.3) is 0 Å². The molecule has 3 aromatic rings. The van der Waals surface area contributed by atoms with Gasteiger partial charge in [-0.1, -0.05) is 162 Å². The standard InChI is InChI=1S/C19HCl14/c20-2-1-3(21)9(23)5(8(2)22)4(6-10(24)14(28)18(32)15(29)11(6)25)7-12(26)16(30)19(33)17(31)13(7)27/h1H. The van der Waals surface area contributed by atoms with Crippen molar-refractivity contribution in [2.24, 2.45) is 0 Å². The molecule has 0 aromatic heterocycles. The molecule has 0 heterocycles. The molecule has 0 fully saturated rings. The largest absolute Gasteiger partial charge is 0.0826 e. The van der Waals surface area contributed by atoms with Crippen LogP contribution in [-0.2, 0) is 0 Å². The highest BCUT2D eigenvalue weighted by Gasteiger charge is 2.37. The molecule has 0 unspecified atom stereocenters. The molecule has 0 nitrogen and oxygen atoms in total. The van der Waals surface area contributed by atoms with Crippen LogP contribution in [-0.4, -0.2) is 0 Å². The smallest absolute Gasteiger partial charge is 0.0809 e. The van der Waals surface area contributed by atoms with Crippen molar-refractivity contribution in [1.29, 1.82) is 0 Å². The molecule has 0 amide bonds. The predicted octanol–water partition coefficient (Wildman–Crippen LogP) is 13.9. The van der Waals surface area contributed by atoms with Crippen LogP contribution in [0.1, 0.15) is 16.7 Å². The van der Waals surface area contributed by atoms with Gasteiger partial charge in [0.2, 0.25) is 0 Å². The van der Waals surface area contributed by atoms with Gasteiger partial charge in [-0.3, -0.25) is 0 Å². The number of benzene rings is 3. The van der Waals surface area contributed by atoms with E-state index >= 15 is 0 Å². The minimum absolute atomic E-state index is 0.00174. The Hall–Kier alpha value is 1.72. The summed E-state index contributed by atoms with van der Waals surface area (Å²) in [5.41, 5.74) is 0.0311. The minimum Gasteiger partial charge on any atom is -0.0826 e. The van der Waals surface area contributed by atoms with Crippen LogP contribution in [0.15, 0.2) is 6.07 Å². The molecular formula is C19HCl14. The van der Waals surface area contributed by atoms with E-state index < -0.39 is 0 Å². The van der Waals surface area contributed by atoms with Gasteiger partial charge in [-0.2, -0.15) is 0 Å². The quantitative estimate of drug-likeness (QED) is 0.143. The van der Waals surface area contributed by atoms with E-state index in [0.717, 1.165) is 0 Å². The maximum absolute atomic E-state index is 6.56. The fourth-order valence-corrected chi connectivity index (χ4v) is 6.47. The molecule has 3 aromatic carbocycles. The summed E-state index contributed by atoms with van der Waals surface area (Å²) in [6, 6.07) is 1.34. The maximum Gasteiger partial charge on any atom is 0.0809 e. The normalized spacial score (nSPS) is 11.6. The molecule has 0 aliphatic heterocycles. The second kappa shape index (κ2) is 11.2. The Balaban J connectivity index is 2.66. The van der Waals surface area contributed by atoms with Crippen LogP contribution in [0.25, 0.3) is 0 Å². The fourth-order valence-electron chi connectivity index (χ4n) is 2.82. The molecule has 14 heteroatoms. The van der Waals surface area contributed by atoms with Gasteiger partial charge in [-0.05, 0) is 6.07 Å². The van der Waals surface area contributed by atoms with Crippen LogP contribution in [0.4, 0.5) is 0 Å². The highest BCUT2D eigenvalue weighted by molar-refractivity contribution is 6.57. The van der Waals surface area contributed by atoms with Gasteiger partial charge in [-0.25, -0.2) is 0 Å². The summed E-state index contributed by atoms with van der Waals surface area (Å²) >= 11 is 89.4. The average molecular weight is 726 g/mol. The summed E-state index contributed by atoms with van der Waals surface area (Å²) < 4.78 is 0. The van der Waals surface area contributed by atoms with Gasteiger partial charge in [0.1, 0.15) is 0 Å². The molecule has 0 aliphatic rings. The third-order valence-corrected chi connectivity index (χ3v) is 10.4. The van der Waals surface area contributed by atoms with Gasteiger partial charge in [-0.15, -0.1) is 0 Å². The molecule has 3 rings (SSSR count). The molecule has 0 aliphatic carbocycles. The summed E-state index contributed by atoms with van der Waals surface area (Å²) in [6.45, 7) is 0. The Bertz CT molecular complexity index is 1160. The molecule has 0 spiro atoms. The van der Waals surface area contributed by atoms with E-state index in [1.54, 1.807) is 0 Å². The Morgan fingerprint density at radius 3 is 0.788 bits per heavy atom. The monoisotopic (exact) mass is 719 g/mol. The second-order valence-electron chi connectivity index (χ2n) is 6.11. The van der Waals surface area contributed by atoms with Crippen molar-refractivity contribution < 1.29 is 0 Å². The maximum atomic E-state index is 6.56. The summed E-state index contributed by atoms with van der Waals surface area (Å²) in [5, 5.41) is -1.26. The number of rotatable bonds is 3. The first-order valence-electron chi connectivity index (χ1n) is 7.97. The van der Waals surface area contributed by atoms with Crippen LogP contribution in [0.3, 0.4) is 0 Å². The second-order valence-corrected chi connectivity index (χ2v) is 11.5. The Kier molecular flexibility index (Phi) is 9.96. The minimum atomic E-state index is -0.136. The summed E-state index contributed by atoms with van der Waals surface area (Å²) in [6.07, 6.45) is 0. The highest BCUT2D eigenvalue weighted by atomic mass is 35.5. The van der Waals surface area contributed by atoms with Crippen molar-refractivity contribution in [2.45, 2.75) is 0 Å². The van der Waals surface area contributed by atoms with Crippen LogP contribution in [0.5, 0.6) is 0 Å². The highest BCUT2D eigenvalue weighted by Crippen LogP contribution is 2.57. The Labute approximate surface area is 258 Å². The molecule has 175 valence electrons. The van der Waals surface area contributed by atoms with E-state index in [4.69, 9.17) is 162 Å². The van der Waals surface area contributed by atoms with Crippen LogP contribution in [0, 0.1) is 5.92 Å². The van der Waals surface area contributed by atoms with Crippen LogP contribution < -0.4 is 0 Å². The van der Waals surface area contributed by atoms with E-state index in [2.05, 4.69) is 0 Å². The molecule has 0 N–H and O–H groups in total. The predicted molar refractivity (Wildman–Crippen MR) is 150 cm³/mol. The number of hydrogen-bond acceptors (Lipinski definition) is 0. The Morgan fingerprint density at radius 2 is 0.515 bits per heavy atom. The molecule has 1 radical (unpaired) electrons. The summed E-state index contributed by atoms with van der Waals surface area (Å²) in [4.78, 5) is 0. The average Bonchev–Trinajstić information content (AvgIpc) is 2.77. The zero-order valence-corrected chi connectivity index (χ0v) is 25.5. The van der Waals surface area contributed by atoms with Gasteiger partial charge in [0.05, 0.1) is 76.2 Å². The molecular weight excluding hydrogens is 725 g/mol. The third kappa shape index (κ3) is 5.08. The first-order valence-corrected chi connectivity index (χ1v) is 13.3. The van der Waals surface area contributed by atoms with Crippen molar-refractivity contribution >= 4 is 162 Å². The topological polar surface area (TPSA) is 0 Å². The lowest BCUT2D eigenvalue weighted by Gasteiger charge is -2.27. The molecule has 0 saturated heterocycles. The van der Waals surface area contributed by atoms with Crippen LogP contribution in [0.2, 0.25) is 70.3 Å². The Morgan fingerprint density at radius 1 is 0.303 bits per heavy atom. The fraction of sp³-hybridized carbons (Fsp3) is 0. The van der Waals surface area contributed by atoms with Crippen molar-refractivity contribution in [1.82, 2.24) is 0 Å². The third-order valence-electron chi connectivity index (χ3n) is 4.28. The first kappa shape index (κ1) is 29.3. The number of hydrogen-bond donors (Lipinski definition) is 0. The zero-order valence-electron chi connectivity index (χ0n) is 14.9. The van der Waals surface area contributed by atoms with Gasteiger partial charge in [0.15, 0.2) is 0 Å².